The monoisotopic (exact) mass is 462 g/mol. The second-order valence-corrected chi connectivity index (χ2v) is 9.85. The molecule has 0 aliphatic heterocycles. The third kappa shape index (κ3) is 6.60. The zero-order valence-corrected chi connectivity index (χ0v) is 21.7. The molecule has 0 radical (unpaired) electrons. The first-order valence-corrected chi connectivity index (χ1v) is 12.0. The molecular weight excluding hydrogens is 424 g/mol. The van der Waals surface area contributed by atoms with E-state index in [2.05, 4.69) is 86.1 Å². The lowest BCUT2D eigenvalue weighted by Crippen LogP contribution is -2.18. The van der Waals surface area contributed by atoms with E-state index in [1.54, 1.807) is 0 Å². The van der Waals surface area contributed by atoms with Gasteiger partial charge < -0.3 is 10.6 Å². The highest BCUT2D eigenvalue weighted by atomic mass is 15.1. The molecule has 0 saturated carbocycles. The van der Waals surface area contributed by atoms with Gasteiger partial charge in [-0.2, -0.15) is 0 Å². The van der Waals surface area contributed by atoms with Crippen molar-refractivity contribution in [2.24, 2.45) is 10.2 Å². The van der Waals surface area contributed by atoms with Crippen molar-refractivity contribution < 1.29 is 0 Å². The highest BCUT2D eigenvalue weighted by molar-refractivity contribution is 5.67. The van der Waals surface area contributed by atoms with Crippen LogP contribution in [0, 0.1) is 0 Å². The topological polar surface area (TPSA) is 122 Å². The predicted molar refractivity (Wildman–Crippen MR) is 144 cm³/mol. The van der Waals surface area contributed by atoms with Gasteiger partial charge in [0, 0.05) is 45.7 Å². The number of rotatable bonds is 11. The lowest BCUT2D eigenvalue weighted by molar-refractivity contribution is 0.827. The average Bonchev–Trinajstić information content (AvgIpc) is 2.77. The third-order valence-electron chi connectivity index (χ3n) is 5.91. The Kier molecular flexibility index (Phi) is 9.67. The number of nitrogens with one attached hydrogen (secondary N) is 2. The van der Waals surface area contributed by atoms with Crippen LogP contribution in [-0.4, -0.2) is 13.1 Å². The van der Waals surface area contributed by atoms with Crippen LogP contribution in [0.25, 0.3) is 20.9 Å². The molecule has 0 atom stereocenters. The van der Waals surface area contributed by atoms with Crippen LogP contribution in [0.4, 0.5) is 22.7 Å². The number of benzene rings is 2. The highest BCUT2D eigenvalue weighted by Crippen LogP contribution is 2.38. The number of anilines is 2. The Labute approximate surface area is 203 Å². The van der Waals surface area contributed by atoms with Crippen molar-refractivity contribution in [1.29, 1.82) is 0 Å². The van der Waals surface area contributed by atoms with Gasteiger partial charge in [-0.25, -0.2) is 0 Å². The number of azide groups is 2. The fourth-order valence-corrected chi connectivity index (χ4v) is 4.17. The molecule has 182 valence electrons. The summed E-state index contributed by atoms with van der Waals surface area (Å²) in [4.78, 5) is 5.95. The summed E-state index contributed by atoms with van der Waals surface area (Å²) in [6, 6.07) is 7.92. The molecule has 0 aliphatic rings. The van der Waals surface area contributed by atoms with Crippen LogP contribution in [-0.2, 0) is 0 Å². The maximum Gasteiger partial charge on any atom is 0.0411 e. The van der Waals surface area contributed by atoms with Gasteiger partial charge in [0.2, 0.25) is 0 Å². The summed E-state index contributed by atoms with van der Waals surface area (Å²) in [5, 5.41) is 15.0. The predicted octanol–water partition coefficient (Wildman–Crippen LogP) is 9.59. The molecule has 8 heteroatoms. The van der Waals surface area contributed by atoms with Crippen LogP contribution in [0.15, 0.2) is 34.5 Å². The summed E-state index contributed by atoms with van der Waals surface area (Å²) < 4.78 is 0. The largest absolute Gasteiger partial charge is 0.383 e. The van der Waals surface area contributed by atoms with Gasteiger partial charge >= 0.3 is 0 Å². The van der Waals surface area contributed by atoms with Crippen molar-refractivity contribution in [3.05, 3.63) is 67.4 Å². The van der Waals surface area contributed by atoms with Gasteiger partial charge in [0.25, 0.3) is 0 Å². The summed E-state index contributed by atoms with van der Waals surface area (Å²) in [5.41, 5.74) is 26.0. The van der Waals surface area contributed by atoms with Gasteiger partial charge in [0.1, 0.15) is 0 Å². The van der Waals surface area contributed by atoms with Crippen molar-refractivity contribution in [1.82, 2.24) is 0 Å². The Hall–Kier alpha value is -3.34. The summed E-state index contributed by atoms with van der Waals surface area (Å²) in [5.74, 6) is 1.15. The second-order valence-electron chi connectivity index (χ2n) is 9.85. The smallest absolute Gasteiger partial charge is 0.0411 e. The SMILES string of the molecule is CC(C)c1cc(N=[N+]=[N-])cc(C(C)C)c1NCCNc1c(C(C)C)cc(N=[N+]=[N-])cc1C(C)C. The maximum absolute atomic E-state index is 8.91. The van der Waals surface area contributed by atoms with Crippen molar-refractivity contribution >= 4 is 22.7 Å². The van der Waals surface area contributed by atoms with Crippen LogP contribution < -0.4 is 10.6 Å². The van der Waals surface area contributed by atoms with E-state index in [0.29, 0.717) is 11.4 Å². The molecule has 2 N–H and O–H groups in total. The quantitative estimate of drug-likeness (QED) is 0.149. The Morgan fingerprint density at radius 3 is 1.06 bits per heavy atom. The fourth-order valence-electron chi connectivity index (χ4n) is 4.17. The summed E-state index contributed by atoms with van der Waals surface area (Å²) >= 11 is 0. The van der Waals surface area contributed by atoms with Crippen LogP contribution in [0.2, 0.25) is 0 Å². The first-order valence-electron chi connectivity index (χ1n) is 12.0. The summed E-state index contributed by atoms with van der Waals surface area (Å²) in [7, 11) is 0. The number of nitrogens with zero attached hydrogens (tertiary/aromatic N) is 6. The van der Waals surface area contributed by atoms with Gasteiger partial charge in [0.15, 0.2) is 0 Å². The molecule has 0 aromatic heterocycles. The lowest BCUT2D eigenvalue weighted by Gasteiger charge is -2.24. The van der Waals surface area contributed by atoms with Gasteiger partial charge in [0.05, 0.1) is 0 Å². The van der Waals surface area contributed by atoms with E-state index in [4.69, 9.17) is 11.1 Å². The molecule has 2 rings (SSSR count). The van der Waals surface area contributed by atoms with Crippen molar-refractivity contribution in [3.8, 4) is 0 Å². The molecule has 0 saturated heterocycles. The molecular formula is C26H38N8. The Balaban J connectivity index is 2.34. The van der Waals surface area contributed by atoms with Gasteiger partial charge in [-0.1, -0.05) is 65.6 Å². The molecule has 8 nitrogen and oxygen atoms in total. The molecule has 2 aromatic carbocycles. The summed E-state index contributed by atoms with van der Waals surface area (Å²) in [6.45, 7) is 18.7. The highest BCUT2D eigenvalue weighted by Gasteiger charge is 2.17. The van der Waals surface area contributed by atoms with Gasteiger partial charge in [-0.15, -0.1) is 0 Å². The minimum atomic E-state index is 0.287. The standard InChI is InChI=1S/C26H38N8/c1-15(2)21-11-19(31-33-27)12-22(16(3)4)25(21)29-9-10-30-26-23(17(5)6)13-20(32-34-28)14-24(26)18(7)8/h11-18,29-30H,9-10H2,1-8H3. The first kappa shape index (κ1) is 26.9. The van der Waals surface area contributed by atoms with E-state index in [1.807, 2.05) is 24.3 Å². The maximum atomic E-state index is 8.91. The van der Waals surface area contributed by atoms with E-state index < -0.39 is 0 Å². The van der Waals surface area contributed by atoms with Crippen molar-refractivity contribution in [3.63, 3.8) is 0 Å². The first-order chi connectivity index (χ1) is 16.1. The molecule has 0 spiro atoms. The fraction of sp³-hybridized carbons (Fsp3) is 0.538. The van der Waals surface area contributed by atoms with E-state index in [0.717, 1.165) is 46.7 Å². The Morgan fingerprint density at radius 2 is 0.853 bits per heavy atom. The minimum Gasteiger partial charge on any atom is -0.383 e. The molecule has 0 fully saturated rings. The van der Waals surface area contributed by atoms with Gasteiger partial charge in [-0.3, -0.25) is 0 Å². The normalized spacial score (nSPS) is 11.1. The lowest BCUT2D eigenvalue weighted by atomic mass is 9.91. The van der Waals surface area contributed by atoms with E-state index in [-0.39, 0.29) is 23.7 Å². The Bertz CT molecular complexity index is 942. The molecule has 0 amide bonds. The molecule has 34 heavy (non-hydrogen) atoms. The van der Waals surface area contributed by atoms with E-state index >= 15 is 0 Å². The Morgan fingerprint density at radius 1 is 0.588 bits per heavy atom. The molecule has 0 heterocycles. The zero-order chi connectivity index (χ0) is 25.4. The molecule has 0 aliphatic carbocycles. The van der Waals surface area contributed by atoms with E-state index in [1.165, 1.54) is 0 Å². The number of hydrogen-bond acceptors (Lipinski definition) is 4. The molecule has 0 bridgehead atoms. The average molecular weight is 463 g/mol. The summed E-state index contributed by atoms with van der Waals surface area (Å²) in [6.07, 6.45) is 0. The number of hydrogen-bond donors (Lipinski definition) is 2. The van der Waals surface area contributed by atoms with Gasteiger partial charge in [-0.05, 0) is 81.3 Å². The van der Waals surface area contributed by atoms with E-state index in [9.17, 15) is 0 Å². The zero-order valence-electron chi connectivity index (χ0n) is 21.7. The minimum absolute atomic E-state index is 0.287. The van der Waals surface area contributed by atoms with Crippen LogP contribution in [0.1, 0.15) is 101 Å². The van der Waals surface area contributed by atoms with Crippen LogP contribution in [0.3, 0.4) is 0 Å². The molecule has 0 unspecified atom stereocenters. The second kappa shape index (κ2) is 12.2. The van der Waals surface area contributed by atoms with Crippen molar-refractivity contribution in [2.75, 3.05) is 23.7 Å². The van der Waals surface area contributed by atoms with Crippen LogP contribution in [0.5, 0.6) is 0 Å². The van der Waals surface area contributed by atoms with Crippen LogP contribution >= 0.6 is 0 Å². The molecule has 2 aromatic rings. The van der Waals surface area contributed by atoms with Crippen molar-refractivity contribution in [2.45, 2.75) is 79.1 Å². The third-order valence-corrected chi connectivity index (χ3v) is 5.91.